The van der Waals surface area contributed by atoms with Gasteiger partial charge in [-0.2, -0.15) is 31.3 Å². The molecule has 33 heavy (non-hydrogen) atoms. The Morgan fingerprint density at radius 2 is 1.64 bits per heavy atom. The third-order valence-electron chi connectivity index (χ3n) is 5.03. The maximum atomic E-state index is 13.6. The molecule has 0 amide bonds. The standard InChI is InChI=1S/C21H12F6N4O2/c22-20(23,24)16-12(10-4-2-1-3-5-10)9-15(32-16)18-30-17(31-33-18)11-6-7-13-14(8-11)29-19(28-13)21(25,26)27/h1-8,15H,9H2,(H,28,29). The van der Waals surface area contributed by atoms with Crippen molar-refractivity contribution in [2.45, 2.75) is 24.9 Å². The molecule has 2 aromatic heterocycles. The lowest BCUT2D eigenvalue weighted by Crippen LogP contribution is -2.14. The molecule has 1 N–H and O–H groups in total. The Balaban J connectivity index is 1.43. The zero-order chi connectivity index (χ0) is 23.4. The maximum absolute atomic E-state index is 13.6. The zero-order valence-corrected chi connectivity index (χ0v) is 16.3. The number of allylic oxidation sites excluding steroid dienone is 1. The van der Waals surface area contributed by atoms with Crippen LogP contribution in [0.4, 0.5) is 26.3 Å². The number of imidazole rings is 1. The van der Waals surface area contributed by atoms with Gasteiger partial charge in [0.25, 0.3) is 5.89 Å². The number of ether oxygens (including phenoxy) is 1. The van der Waals surface area contributed by atoms with Gasteiger partial charge in [-0.25, -0.2) is 4.98 Å². The van der Waals surface area contributed by atoms with Crippen LogP contribution in [0, 0.1) is 0 Å². The molecule has 6 nitrogen and oxygen atoms in total. The van der Waals surface area contributed by atoms with E-state index in [0.29, 0.717) is 11.1 Å². The number of aromatic nitrogens is 4. The van der Waals surface area contributed by atoms with Crippen LogP contribution in [-0.2, 0) is 10.9 Å². The summed E-state index contributed by atoms with van der Waals surface area (Å²) in [6.45, 7) is 0. The van der Waals surface area contributed by atoms with Crippen LogP contribution in [0.3, 0.4) is 0 Å². The molecule has 0 saturated heterocycles. The Morgan fingerprint density at radius 3 is 2.33 bits per heavy atom. The number of nitrogens with zero attached hydrogens (tertiary/aromatic N) is 3. The number of H-pyrrole nitrogens is 1. The maximum Gasteiger partial charge on any atom is 0.449 e. The van der Waals surface area contributed by atoms with Crippen molar-refractivity contribution in [1.29, 1.82) is 0 Å². The third-order valence-corrected chi connectivity index (χ3v) is 5.03. The normalized spacial score (nSPS) is 17.1. The average molecular weight is 466 g/mol. The highest BCUT2D eigenvalue weighted by atomic mass is 19.4. The van der Waals surface area contributed by atoms with Crippen molar-refractivity contribution in [1.82, 2.24) is 20.1 Å². The van der Waals surface area contributed by atoms with Crippen molar-refractivity contribution >= 4 is 16.6 Å². The lowest BCUT2D eigenvalue weighted by Gasteiger charge is -2.11. The van der Waals surface area contributed by atoms with E-state index >= 15 is 0 Å². The van der Waals surface area contributed by atoms with Gasteiger partial charge in [-0.15, -0.1) is 0 Å². The smallest absolute Gasteiger partial charge is 0.449 e. The minimum absolute atomic E-state index is 0.0135. The summed E-state index contributed by atoms with van der Waals surface area (Å²) < 4.78 is 89.5. The minimum atomic E-state index is -4.72. The summed E-state index contributed by atoms with van der Waals surface area (Å²) in [5.74, 6) is -2.47. The predicted molar refractivity (Wildman–Crippen MR) is 102 cm³/mol. The molecule has 1 unspecified atom stereocenters. The number of rotatable bonds is 3. The van der Waals surface area contributed by atoms with Gasteiger partial charge in [0.2, 0.25) is 17.4 Å². The topological polar surface area (TPSA) is 76.8 Å². The number of hydrogen-bond donors (Lipinski definition) is 1. The second-order valence-corrected chi connectivity index (χ2v) is 7.25. The summed E-state index contributed by atoms with van der Waals surface area (Å²) in [4.78, 5) is 9.77. The first kappa shape index (κ1) is 21.0. The van der Waals surface area contributed by atoms with Crippen LogP contribution in [0.25, 0.3) is 28.0 Å². The number of benzene rings is 2. The molecule has 1 aliphatic heterocycles. The molecule has 0 fully saturated rings. The van der Waals surface area contributed by atoms with E-state index in [0.717, 1.165) is 0 Å². The molecule has 3 heterocycles. The molecule has 170 valence electrons. The van der Waals surface area contributed by atoms with Gasteiger partial charge in [0.1, 0.15) is 0 Å². The van der Waals surface area contributed by atoms with E-state index in [9.17, 15) is 26.3 Å². The van der Waals surface area contributed by atoms with Crippen LogP contribution in [0.1, 0.15) is 29.8 Å². The molecule has 0 bridgehead atoms. The molecular formula is C21H12F6N4O2. The first-order chi connectivity index (χ1) is 15.6. The van der Waals surface area contributed by atoms with Gasteiger partial charge < -0.3 is 14.2 Å². The van der Waals surface area contributed by atoms with E-state index < -0.39 is 30.0 Å². The molecule has 0 saturated carbocycles. The van der Waals surface area contributed by atoms with Crippen molar-refractivity contribution in [2.24, 2.45) is 0 Å². The number of nitrogens with one attached hydrogen (secondary N) is 1. The van der Waals surface area contributed by atoms with Gasteiger partial charge in [0.15, 0.2) is 6.10 Å². The van der Waals surface area contributed by atoms with Crippen LogP contribution >= 0.6 is 0 Å². The van der Waals surface area contributed by atoms with Gasteiger partial charge in [-0.1, -0.05) is 35.5 Å². The van der Waals surface area contributed by atoms with Crippen LogP contribution in [0.2, 0.25) is 0 Å². The number of halogens is 6. The molecular weight excluding hydrogens is 454 g/mol. The fourth-order valence-electron chi connectivity index (χ4n) is 3.56. The fraction of sp³-hybridized carbons (Fsp3) is 0.190. The van der Waals surface area contributed by atoms with E-state index in [2.05, 4.69) is 20.1 Å². The number of aromatic amines is 1. The summed E-state index contributed by atoms with van der Waals surface area (Å²) >= 11 is 0. The molecule has 12 heteroatoms. The second kappa shape index (κ2) is 7.36. The molecule has 1 aliphatic rings. The number of alkyl halides is 6. The van der Waals surface area contributed by atoms with E-state index in [1.807, 2.05) is 0 Å². The summed E-state index contributed by atoms with van der Waals surface area (Å²) in [6, 6.07) is 12.1. The number of hydrogen-bond acceptors (Lipinski definition) is 5. The Morgan fingerprint density at radius 1 is 0.879 bits per heavy atom. The largest absolute Gasteiger partial charge is 0.475 e. The average Bonchev–Trinajstić information content (AvgIpc) is 3.50. The van der Waals surface area contributed by atoms with E-state index in [4.69, 9.17) is 9.26 Å². The van der Waals surface area contributed by atoms with Crippen molar-refractivity contribution in [2.75, 3.05) is 0 Å². The lowest BCUT2D eigenvalue weighted by atomic mass is 10.0. The van der Waals surface area contributed by atoms with Crippen molar-refractivity contribution in [3.63, 3.8) is 0 Å². The van der Waals surface area contributed by atoms with Gasteiger partial charge >= 0.3 is 12.4 Å². The highest BCUT2D eigenvalue weighted by molar-refractivity contribution is 5.80. The zero-order valence-electron chi connectivity index (χ0n) is 16.3. The highest BCUT2D eigenvalue weighted by Gasteiger charge is 2.46. The monoisotopic (exact) mass is 466 g/mol. The molecule has 4 aromatic rings. The Bertz CT molecular complexity index is 1350. The molecule has 0 aliphatic carbocycles. The van der Waals surface area contributed by atoms with Gasteiger partial charge in [0.05, 0.1) is 11.0 Å². The fourth-order valence-corrected chi connectivity index (χ4v) is 3.56. The first-order valence-electron chi connectivity index (χ1n) is 9.53. The third kappa shape index (κ3) is 3.92. The SMILES string of the molecule is FC(F)(F)C1=C(c2ccccc2)CC(c2nc(-c3ccc4nc(C(F)(F)F)[nH]c4c3)no2)O1. The van der Waals surface area contributed by atoms with Gasteiger partial charge in [0, 0.05) is 17.6 Å². The molecule has 1 atom stereocenters. The first-order valence-corrected chi connectivity index (χ1v) is 9.53. The van der Waals surface area contributed by atoms with Crippen molar-refractivity contribution in [3.05, 3.63) is 71.6 Å². The molecule has 0 radical (unpaired) electrons. The van der Waals surface area contributed by atoms with E-state index in [1.54, 1.807) is 30.3 Å². The Hall–Kier alpha value is -3.83. The van der Waals surface area contributed by atoms with E-state index in [1.165, 1.54) is 18.2 Å². The van der Waals surface area contributed by atoms with Crippen molar-refractivity contribution in [3.8, 4) is 11.4 Å². The highest BCUT2D eigenvalue weighted by Crippen LogP contribution is 2.46. The number of fused-ring (bicyclic) bond motifs is 1. The molecule has 0 spiro atoms. The molecule has 5 rings (SSSR count). The van der Waals surface area contributed by atoms with Crippen LogP contribution < -0.4 is 0 Å². The summed E-state index contributed by atoms with van der Waals surface area (Å²) in [6.07, 6.45) is -10.7. The summed E-state index contributed by atoms with van der Waals surface area (Å²) in [7, 11) is 0. The Kier molecular flexibility index (Phi) is 4.69. The van der Waals surface area contributed by atoms with Crippen LogP contribution in [-0.4, -0.2) is 26.3 Å². The second-order valence-electron chi connectivity index (χ2n) is 7.25. The quantitative estimate of drug-likeness (QED) is 0.371. The van der Waals surface area contributed by atoms with Crippen LogP contribution in [0.5, 0.6) is 0 Å². The van der Waals surface area contributed by atoms with E-state index in [-0.39, 0.29) is 34.7 Å². The minimum Gasteiger partial charge on any atom is -0.475 e. The summed E-state index contributed by atoms with van der Waals surface area (Å²) in [5.41, 5.74) is 0.792. The lowest BCUT2D eigenvalue weighted by molar-refractivity contribution is -0.144. The molecule has 2 aromatic carbocycles. The van der Waals surface area contributed by atoms with Gasteiger partial charge in [-0.3, -0.25) is 0 Å². The van der Waals surface area contributed by atoms with Crippen LogP contribution in [0.15, 0.2) is 58.8 Å². The predicted octanol–water partition coefficient (Wildman–Crippen LogP) is 6.07. The summed E-state index contributed by atoms with van der Waals surface area (Å²) in [5, 5.41) is 3.76. The Labute approximate surface area is 180 Å². The van der Waals surface area contributed by atoms with Crippen molar-refractivity contribution < 1.29 is 35.6 Å². The van der Waals surface area contributed by atoms with Gasteiger partial charge in [-0.05, 0) is 23.8 Å².